The lowest BCUT2D eigenvalue weighted by Gasteiger charge is -2.00. The molecule has 1 aromatic heterocycles. The van der Waals surface area contributed by atoms with Crippen molar-refractivity contribution in [2.75, 3.05) is 5.73 Å². The first-order valence-electron chi connectivity index (χ1n) is 4.53. The number of aromatic nitrogens is 2. The van der Waals surface area contributed by atoms with E-state index in [0.29, 0.717) is 5.56 Å². The van der Waals surface area contributed by atoms with E-state index in [-0.39, 0.29) is 22.4 Å². The maximum atomic E-state index is 13.0. The Balaban J connectivity index is 2.59. The molecule has 0 amide bonds. The van der Waals surface area contributed by atoms with E-state index in [9.17, 15) is 9.18 Å². The molecule has 0 unspecified atom stereocenters. The van der Waals surface area contributed by atoms with E-state index in [4.69, 9.17) is 22.4 Å². The average Bonchev–Trinajstić information content (AvgIpc) is 2.64. The third kappa shape index (κ3) is 2.07. The molecule has 1 heterocycles. The summed E-state index contributed by atoms with van der Waals surface area (Å²) in [4.78, 5) is 17.2. The highest BCUT2D eigenvalue weighted by atomic mass is 35.5. The molecule has 0 fully saturated rings. The highest BCUT2D eigenvalue weighted by molar-refractivity contribution is 6.31. The average molecular weight is 256 g/mol. The molecule has 5 nitrogen and oxygen atoms in total. The molecule has 0 saturated heterocycles. The van der Waals surface area contributed by atoms with Gasteiger partial charge < -0.3 is 15.8 Å². The summed E-state index contributed by atoms with van der Waals surface area (Å²) in [6, 6.07) is 3.80. The number of rotatable bonds is 2. The standard InChI is InChI=1S/C10H7ClFN3O2/c11-5-3-4(1-2-6(5)12)7-8(9(16)17)15-10(13)14-7/h1-3H,(H,16,17)(H3,13,14,15). The number of benzene rings is 1. The van der Waals surface area contributed by atoms with Crippen molar-refractivity contribution in [1.29, 1.82) is 0 Å². The van der Waals surface area contributed by atoms with Crippen molar-refractivity contribution in [2.45, 2.75) is 0 Å². The predicted molar refractivity (Wildman–Crippen MR) is 60.4 cm³/mol. The lowest BCUT2D eigenvalue weighted by molar-refractivity contribution is 0.0692. The summed E-state index contributed by atoms with van der Waals surface area (Å²) in [7, 11) is 0. The van der Waals surface area contributed by atoms with Gasteiger partial charge in [0.15, 0.2) is 11.6 Å². The number of imidazole rings is 1. The number of carboxylic acids is 1. The Morgan fingerprint density at radius 3 is 2.82 bits per heavy atom. The van der Waals surface area contributed by atoms with Crippen molar-refractivity contribution in [3.05, 3.63) is 34.7 Å². The summed E-state index contributed by atoms with van der Waals surface area (Å²) in [6.45, 7) is 0. The van der Waals surface area contributed by atoms with E-state index < -0.39 is 11.8 Å². The van der Waals surface area contributed by atoms with Crippen LogP contribution in [-0.4, -0.2) is 21.0 Å². The van der Waals surface area contributed by atoms with Crippen LogP contribution >= 0.6 is 11.6 Å². The van der Waals surface area contributed by atoms with Gasteiger partial charge in [0.25, 0.3) is 0 Å². The molecule has 0 aliphatic rings. The number of nitrogens with one attached hydrogen (secondary N) is 1. The van der Waals surface area contributed by atoms with Crippen molar-refractivity contribution in [2.24, 2.45) is 0 Å². The number of carbonyl (C=O) groups is 1. The van der Waals surface area contributed by atoms with Gasteiger partial charge in [-0.15, -0.1) is 0 Å². The van der Waals surface area contributed by atoms with E-state index in [1.165, 1.54) is 12.1 Å². The summed E-state index contributed by atoms with van der Waals surface area (Å²) in [6.07, 6.45) is 0. The fourth-order valence-corrected chi connectivity index (χ4v) is 1.58. The van der Waals surface area contributed by atoms with Crippen LogP contribution in [0, 0.1) is 5.82 Å². The van der Waals surface area contributed by atoms with Crippen molar-refractivity contribution in [3.63, 3.8) is 0 Å². The Hall–Kier alpha value is -2.08. The van der Waals surface area contributed by atoms with Gasteiger partial charge in [-0.1, -0.05) is 11.6 Å². The van der Waals surface area contributed by atoms with Crippen molar-refractivity contribution >= 4 is 23.5 Å². The molecule has 17 heavy (non-hydrogen) atoms. The van der Waals surface area contributed by atoms with E-state index in [1.54, 1.807) is 0 Å². The second kappa shape index (κ2) is 4.06. The molecule has 0 spiro atoms. The zero-order chi connectivity index (χ0) is 12.6. The second-order valence-corrected chi connectivity index (χ2v) is 3.69. The molecule has 1 aromatic carbocycles. The summed E-state index contributed by atoms with van der Waals surface area (Å²) in [5.41, 5.74) is 5.72. The third-order valence-corrected chi connectivity index (χ3v) is 2.42. The third-order valence-electron chi connectivity index (χ3n) is 2.13. The van der Waals surface area contributed by atoms with Crippen LogP contribution in [0.1, 0.15) is 10.5 Å². The summed E-state index contributed by atoms with van der Waals surface area (Å²) in [5, 5.41) is 8.82. The van der Waals surface area contributed by atoms with E-state index in [0.717, 1.165) is 6.07 Å². The van der Waals surface area contributed by atoms with E-state index in [1.807, 2.05) is 0 Å². The highest BCUT2D eigenvalue weighted by Gasteiger charge is 2.17. The lowest BCUT2D eigenvalue weighted by atomic mass is 10.1. The predicted octanol–water partition coefficient (Wildman–Crippen LogP) is 2.15. The number of halogens is 2. The van der Waals surface area contributed by atoms with Gasteiger partial charge in [0.2, 0.25) is 0 Å². The molecular formula is C10H7ClFN3O2. The minimum absolute atomic E-state index is 0.0298. The molecular weight excluding hydrogens is 249 g/mol. The molecule has 2 aromatic rings. The van der Waals surface area contributed by atoms with Crippen LogP contribution in [0.2, 0.25) is 5.02 Å². The van der Waals surface area contributed by atoms with Gasteiger partial charge in [0.05, 0.1) is 5.02 Å². The largest absolute Gasteiger partial charge is 0.477 e. The number of carboxylic acid groups (broad SMARTS) is 1. The first kappa shape index (κ1) is 11.4. The summed E-state index contributed by atoms with van der Waals surface area (Å²) >= 11 is 5.61. The van der Waals surface area contributed by atoms with Gasteiger partial charge in [-0.25, -0.2) is 14.2 Å². The fraction of sp³-hybridized carbons (Fsp3) is 0. The molecule has 0 aliphatic heterocycles. The van der Waals surface area contributed by atoms with Crippen LogP contribution < -0.4 is 5.73 Å². The molecule has 0 radical (unpaired) electrons. The Kier molecular flexibility index (Phi) is 2.72. The van der Waals surface area contributed by atoms with Crippen LogP contribution in [0.5, 0.6) is 0 Å². The zero-order valence-corrected chi connectivity index (χ0v) is 9.12. The molecule has 0 saturated carbocycles. The minimum atomic E-state index is -1.20. The van der Waals surface area contributed by atoms with E-state index in [2.05, 4.69) is 9.97 Å². The number of aromatic amines is 1. The Morgan fingerprint density at radius 1 is 1.53 bits per heavy atom. The summed E-state index contributed by atoms with van der Waals surface area (Å²) < 4.78 is 13.0. The molecule has 0 atom stereocenters. The highest BCUT2D eigenvalue weighted by Crippen LogP contribution is 2.26. The number of anilines is 1. The van der Waals surface area contributed by atoms with Crippen LogP contribution in [0.25, 0.3) is 11.3 Å². The SMILES string of the molecule is Nc1nc(-c2ccc(F)c(Cl)c2)c(C(=O)O)[nH]1. The maximum Gasteiger partial charge on any atom is 0.354 e. The van der Waals surface area contributed by atoms with Gasteiger partial charge in [-0.05, 0) is 18.2 Å². The summed E-state index contributed by atoms with van der Waals surface area (Å²) in [5.74, 6) is -1.82. The molecule has 4 N–H and O–H groups in total. The maximum absolute atomic E-state index is 13.0. The number of aromatic carboxylic acids is 1. The number of H-pyrrole nitrogens is 1. The van der Waals surface area contributed by atoms with Crippen molar-refractivity contribution < 1.29 is 14.3 Å². The first-order valence-corrected chi connectivity index (χ1v) is 4.91. The molecule has 0 bridgehead atoms. The fourth-order valence-electron chi connectivity index (χ4n) is 1.40. The molecule has 7 heteroatoms. The van der Waals surface area contributed by atoms with Crippen molar-refractivity contribution in [1.82, 2.24) is 9.97 Å². The number of nitrogens with zero attached hydrogens (tertiary/aromatic N) is 1. The lowest BCUT2D eigenvalue weighted by Crippen LogP contribution is -1.99. The monoisotopic (exact) mass is 255 g/mol. The van der Waals surface area contributed by atoms with Crippen LogP contribution in [0.3, 0.4) is 0 Å². The van der Waals surface area contributed by atoms with Crippen molar-refractivity contribution in [3.8, 4) is 11.3 Å². The van der Waals surface area contributed by atoms with Crippen LogP contribution in [0.15, 0.2) is 18.2 Å². The first-order chi connectivity index (χ1) is 7.99. The number of nitrogen functional groups attached to an aromatic ring is 1. The normalized spacial score (nSPS) is 10.5. The number of hydrogen-bond donors (Lipinski definition) is 3. The Labute approximate surface area is 100 Å². The quantitative estimate of drug-likeness (QED) is 0.767. The smallest absolute Gasteiger partial charge is 0.354 e. The minimum Gasteiger partial charge on any atom is -0.477 e. The van der Waals surface area contributed by atoms with E-state index >= 15 is 0 Å². The van der Waals surface area contributed by atoms with Gasteiger partial charge in [-0.2, -0.15) is 0 Å². The molecule has 88 valence electrons. The van der Waals surface area contributed by atoms with Gasteiger partial charge in [0, 0.05) is 5.56 Å². The number of nitrogens with two attached hydrogens (primary N) is 1. The zero-order valence-electron chi connectivity index (χ0n) is 8.37. The van der Waals surface area contributed by atoms with Crippen LogP contribution in [-0.2, 0) is 0 Å². The molecule has 0 aliphatic carbocycles. The molecule has 2 rings (SSSR count). The van der Waals surface area contributed by atoms with Crippen LogP contribution in [0.4, 0.5) is 10.3 Å². The van der Waals surface area contributed by atoms with Gasteiger partial charge in [-0.3, -0.25) is 0 Å². The van der Waals surface area contributed by atoms with Gasteiger partial charge >= 0.3 is 5.97 Å². The number of hydrogen-bond acceptors (Lipinski definition) is 3. The Morgan fingerprint density at radius 2 is 2.24 bits per heavy atom. The topological polar surface area (TPSA) is 92.0 Å². The Bertz CT molecular complexity index is 597. The van der Waals surface area contributed by atoms with Gasteiger partial charge in [0.1, 0.15) is 11.5 Å². The second-order valence-electron chi connectivity index (χ2n) is 3.28.